The lowest BCUT2D eigenvalue weighted by Crippen LogP contribution is -2.43. The second-order valence-corrected chi connectivity index (χ2v) is 5.36. The fourth-order valence-corrected chi connectivity index (χ4v) is 2.07. The van der Waals surface area contributed by atoms with E-state index in [1.807, 2.05) is 0 Å². The number of aromatic nitrogens is 2. The van der Waals surface area contributed by atoms with Gasteiger partial charge in [-0.2, -0.15) is 5.10 Å². The van der Waals surface area contributed by atoms with E-state index >= 15 is 0 Å². The van der Waals surface area contributed by atoms with Crippen LogP contribution >= 0.6 is 0 Å². The normalized spacial score (nSPS) is 15.9. The van der Waals surface area contributed by atoms with Gasteiger partial charge >= 0.3 is 0 Å². The van der Waals surface area contributed by atoms with Gasteiger partial charge in [0, 0.05) is 6.54 Å². The minimum absolute atomic E-state index is 0.0869. The fraction of sp³-hybridized carbons (Fsp3) is 0.571. The zero-order valence-electron chi connectivity index (χ0n) is 8.64. The molecule has 6 N–H and O–H groups in total. The summed E-state index contributed by atoms with van der Waals surface area (Å²) in [5, 5.41) is 23.9. The van der Waals surface area contributed by atoms with Crippen LogP contribution in [0.3, 0.4) is 0 Å². The van der Waals surface area contributed by atoms with Crippen LogP contribution in [-0.4, -0.2) is 47.6 Å². The number of anilines is 1. The summed E-state index contributed by atoms with van der Waals surface area (Å²) >= 11 is 0. The molecule has 0 spiro atoms. The van der Waals surface area contributed by atoms with Crippen molar-refractivity contribution in [1.29, 1.82) is 0 Å². The Kier molecular flexibility index (Phi) is 3.53. The number of nitrogens with zero attached hydrogens (tertiary/aromatic N) is 1. The van der Waals surface area contributed by atoms with Crippen LogP contribution in [0.15, 0.2) is 11.1 Å². The van der Waals surface area contributed by atoms with E-state index in [4.69, 9.17) is 10.8 Å². The zero-order valence-corrected chi connectivity index (χ0v) is 9.45. The van der Waals surface area contributed by atoms with Crippen molar-refractivity contribution in [3.63, 3.8) is 0 Å². The summed E-state index contributed by atoms with van der Waals surface area (Å²) in [6, 6.07) is 0. The average molecular weight is 250 g/mol. The monoisotopic (exact) mass is 250 g/mol. The van der Waals surface area contributed by atoms with Crippen LogP contribution in [0, 0.1) is 0 Å². The zero-order chi connectivity index (χ0) is 12.4. The second kappa shape index (κ2) is 4.37. The van der Waals surface area contributed by atoms with Crippen LogP contribution in [0.5, 0.6) is 0 Å². The van der Waals surface area contributed by atoms with Gasteiger partial charge in [0.05, 0.1) is 18.4 Å². The quantitative estimate of drug-likeness (QED) is 0.410. The predicted octanol–water partition coefficient (Wildman–Crippen LogP) is -1.99. The SMILES string of the molecule is CC(O)(CO)CNS(=O)(=O)c1cn[nH]c1N. The van der Waals surface area contributed by atoms with Crippen molar-refractivity contribution in [2.24, 2.45) is 0 Å². The molecule has 0 aliphatic heterocycles. The van der Waals surface area contributed by atoms with Gasteiger partial charge in [-0.3, -0.25) is 5.10 Å². The summed E-state index contributed by atoms with van der Waals surface area (Å²) in [6.07, 6.45) is 1.06. The van der Waals surface area contributed by atoms with Gasteiger partial charge in [-0.25, -0.2) is 13.1 Å². The number of aliphatic hydroxyl groups is 2. The lowest BCUT2D eigenvalue weighted by Gasteiger charge is -2.20. The van der Waals surface area contributed by atoms with E-state index in [-0.39, 0.29) is 17.3 Å². The highest BCUT2D eigenvalue weighted by molar-refractivity contribution is 7.89. The highest BCUT2D eigenvalue weighted by Gasteiger charge is 2.25. The predicted molar refractivity (Wildman–Crippen MR) is 55.9 cm³/mol. The third-order valence-corrected chi connectivity index (χ3v) is 3.33. The lowest BCUT2D eigenvalue weighted by molar-refractivity contribution is 0.00681. The Bertz CT molecular complexity index is 453. The first-order valence-electron chi connectivity index (χ1n) is 4.40. The van der Waals surface area contributed by atoms with E-state index in [1.54, 1.807) is 0 Å². The minimum atomic E-state index is -3.83. The van der Waals surface area contributed by atoms with Crippen molar-refractivity contribution in [2.75, 3.05) is 18.9 Å². The van der Waals surface area contributed by atoms with Crippen molar-refractivity contribution in [1.82, 2.24) is 14.9 Å². The van der Waals surface area contributed by atoms with E-state index in [9.17, 15) is 13.5 Å². The molecule has 8 nitrogen and oxygen atoms in total. The molecular formula is C7H14N4O4S. The number of nitrogen functional groups attached to an aromatic ring is 1. The third kappa shape index (κ3) is 2.92. The molecule has 1 heterocycles. The highest BCUT2D eigenvalue weighted by Crippen LogP contribution is 2.14. The summed E-state index contributed by atoms with van der Waals surface area (Å²) in [5.74, 6) is -0.0869. The molecule has 1 unspecified atom stereocenters. The number of aromatic amines is 1. The highest BCUT2D eigenvalue weighted by atomic mass is 32.2. The van der Waals surface area contributed by atoms with E-state index in [0.717, 1.165) is 6.20 Å². The molecule has 0 bridgehead atoms. The molecule has 1 atom stereocenters. The lowest BCUT2D eigenvalue weighted by atomic mass is 10.1. The molecule has 92 valence electrons. The Hall–Kier alpha value is -1.16. The van der Waals surface area contributed by atoms with Crippen LogP contribution in [0.2, 0.25) is 0 Å². The van der Waals surface area contributed by atoms with Crippen LogP contribution in [-0.2, 0) is 10.0 Å². The Morgan fingerprint density at radius 3 is 2.75 bits per heavy atom. The molecule has 1 aromatic heterocycles. The number of rotatable bonds is 5. The molecule has 0 aliphatic carbocycles. The largest absolute Gasteiger partial charge is 0.393 e. The molecule has 0 aromatic carbocycles. The summed E-state index contributed by atoms with van der Waals surface area (Å²) in [4.78, 5) is -0.193. The van der Waals surface area contributed by atoms with Gasteiger partial charge in [-0.15, -0.1) is 0 Å². The van der Waals surface area contributed by atoms with Crippen molar-refractivity contribution in [3.05, 3.63) is 6.20 Å². The molecule has 1 rings (SSSR count). The van der Waals surface area contributed by atoms with E-state index < -0.39 is 22.2 Å². The Balaban J connectivity index is 2.79. The van der Waals surface area contributed by atoms with Crippen molar-refractivity contribution in [3.8, 4) is 0 Å². The molecular weight excluding hydrogens is 236 g/mol. The summed E-state index contributed by atoms with van der Waals surface area (Å²) in [6.45, 7) is 0.418. The number of nitrogens with two attached hydrogens (primary N) is 1. The summed E-state index contributed by atoms with van der Waals surface area (Å²) in [5.41, 5.74) is 3.83. The average Bonchev–Trinajstić information content (AvgIpc) is 2.63. The fourth-order valence-electron chi connectivity index (χ4n) is 0.883. The smallest absolute Gasteiger partial charge is 0.245 e. The van der Waals surface area contributed by atoms with Crippen LogP contribution in [0.25, 0.3) is 0 Å². The second-order valence-electron chi connectivity index (χ2n) is 3.63. The van der Waals surface area contributed by atoms with E-state index in [2.05, 4.69) is 14.9 Å². The molecule has 16 heavy (non-hydrogen) atoms. The first-order valence-corrected chi connectivity index (χ1v) is 5.88. The van der Waals surface area contributed by atoms with Crippen LogP contribution < -0.4 is 10.5 Å². The molecule has 0 saturated heterocycles. The number of hydrogen-bond donors (Lipinski definition) is 5. The Labute approximate surface area is 92.5 Å². The van der Waals surface area contributed by atoms with Crippen molar-refractivity contribution in [2.45, 2.75) is 17.4 Å². The maximum absolute atomic E-state index is 11.6. The number of H-pyrrole nitrogens is 1. The third-order valence-electron chi connectivity index (χ3n) is 1.91. The van der Waals surface area contributed by atoms with Crippen LogP contribution in [0.1, 0.15) is 6.92 Å². The maximum Gasteiger partial charge on any atom is 0.245 e. The molecule has 9 heteroatoms. The minimum Gasteiger partial charge on any atom is -0.393 e. The van der Waals surface area contributed by atoms with Gasteiger partial charge in [0.1, 0.15) is 10.7 Å². The van der Waals surface area contributed by atoms with Crippen LogP contribution in [0.4, 0.5) is 5.82 Å². The molecule has 0 fully saturated rings. The summed E-state index contributed by atoms with van der Waals surface area (Å²) < 4.78 is 25.4. The van der Waals surface area contributed by atoms with Gasteiger partial charge in [0.2, 0.25) is 10.0 Å². The van der Waals surface area contributed by atoms with Gasteiger partial charge in [0.25, 0.3) is 0 Å². The van der Waals surface area contributed by atoms with E-state index in [1.165, 1.54) is 6.92 Å². The number of sulfonamides is 1. The van der Waals surface area contributed by atoms with Crippen molar-refractivity contribution < 1.29 is 18.6 Å². The molecule has 0 aliphatic rings. The van der Waals surface area contributed by atoms with Gasteiger partial charge in [-0.05, 0) is 6.92 Å². The maximum atomic E-state index is 11.6. The number of aliphatic hydroxyl groups excluding tert-OH is 1. The van der Waals surface area contributed by atoms with E-state index in [0.29, 0.717) is 0 Å². The molecule has 0 radical (unpaired) electrons. The van der Waals surface area contributed by atoms with Crippen molar-refractivity contribution >= 4 is 15.8 Å². The van der Waals surface area contributed by atoms with Gasteiger partial charge < -0.3 is 15.9 Å². The standard InChI is InChI=1S/C7H14N4O4S/c1-7(13,4-12)3-10-16(14,15)5-2-9-11-6(5)8/h2,10,12-13H,3-4H2,1H3,(H3,8,9,11). The molecule has 0 saturated carbocycles. The number of nitrogens with one attached hydrogen (secondary N) is 2. The van der Waals surface area contributed by atoms with Gasteiger partial charge in [0.15, 0.2) is 0 Å². The topological polar surface area (TPSA) is 141 Å². The molecule has 0 amide bonds. The number of hydrogen-bond acceptors (Lipinski definition) is 6. The Morgan fingerprint density at radius 1 is 1.69 bits per heavy atom. The Morgan fingerprint density at radius 2 is 2.31 bits per heavy atom. The molecule has 1 aromatic rings. The first-order chi connectivity index (χ1) is 7.28. The first kappa shape index (κ1) is 12.9. The van der Waals surface area contributed by atoms with Gasteiger partial charge in [-0.1, -0.05) is 0 Å². The summed E-state index contributed by atoms with van der Waals surface area (Å²) in [7, 11) is -3.83.